The van der Waals surface area contributed by atoms with Crippen molar-refractivity contribution in [3.05, 3.63) is 243 Å². The third-order valence-corrected chi connectivity index (χ3v) is 13.2. The molecule has 0 aliphatic carbocycles. The number of para-hydroxylation sites is 3. The van der Waals surface area contributed by atoms with Gasteiger partial charge in [0.2, 0.25) is 0 Å². The van der Waals surface area contributed by atoms with Crippen molar-refractivity contribution in [1.29, 1.82) is 0 Å². The summed E-state index contributed by atoms with van der Waals surface area (Å²) >= 11 is 0. The van der Waals surface area contributed by atoms with Crippen LogP contribution >= 0.6 is 0 Å². The molecule has 3 heteroatoms. The van der Waals surface area contributed by atoms with Crippen molar-refractivity contribution in [3.8, 4) is 39.1 Å². The summed E-state index contributed by atoms with van der Waals surface area (Å²) in [7, 11) is 0. The average molecular weight is 829 g/mol. The van der Waals surface area contributed by atoms with E-state index in [0.717, 1.165) is 66.9 Å². The van der Waals surface area contributed by atoms with Crippen molar-refractivity contribution >= 4 is 82.4 Å². The van der Waals surface area contributed by atoms with E-state index >= 15 is 0 Å². The number of hydrogen-bond acceptors (Lipinski definition) is 2. The van der Waals surface area contributed by atoms with Crippen molar-refractivity contribution < 1.29 is 4.42 Å². The molecular weight excluding hydrogens is 789 g/mol. The summed E-state index contributed by atoms with van der Waals surface area (Å²) in [6.45, 7) is 0. The van der Waals surface area contributed by atoms with Gasteiger partial charge < -0.3 is 13.9 Å². The Morgan fingerprint density at radius 3 is 1.63 bits per heavy atom. The van der Waals surface area contributed by atoms with Crippen LogP contribution in [0.5, 0.6) is 0 Å². The third kappa shape index (κ3) is 6.12. The van der Waals surface area contributed by atoms with Crippen LogP contribution in [0.15, 0.2) is 247 Å². The smallest absolute Gasteiger partial charge is 0.159 e. The number of benzene rings is 11. The molecule has 13 aromatic rings. The largest absolute Gasteiger partial charge is 0.453 e. The number of rotatable bonds is 7. The maximum Gasteiger partial charge on any atom is 0.159 e. The van der Waals surface area contributed by atoms with Gasteiger partial charge in [0.15, 0.2) is 5.58 Å². The van der Waals surface area contributed by atoms with Gasteiger partial charge in [-0.05, 0) is 98.6 Å². The first-order chi connectivity index (χ1) is 32.2. The zero-order valence-corrected chi connectivity index (χ0v) is 35.4. The van der Waals surface area contributed by atoms with Gasteiger partial charge in [0, 0.05) is 49.6 Å². The number of furan rings is 1. The van der Waals surface area contributed by atoms with E-state index in [4.69, 9.17) is 4.42 Å². The van der Waals surface area contributed by atoms with Crippen molar-refractivity contribution in [1.82, 2.24) is 4.57 Å². The van der Waals surface area contributed by atoms with Gasteiger partial charge in [0.1, 0.15) is 5.58 Å². The molecule has 65 heavy (non-hydrogen) atoms. The second kappa shape index (κ2) is 15.0. The molecule has 0 fully saturated rings. The molecule has 2 heterocycles. The molecule has 0 N–H and O–H groups in total. The Morgan fingerprint density at radius 2 is 0.877 bits per heavy atom. The van der Waals surface area contributed by atoms with E-state index in [1.165, 1.54) is 54.5 Å². The normalized spacial score (nSPS) is 11.7. The molecule has 3 nitrogen and oxygen atoms in total. The predicted molar refractivity (Wildman–Crippen MR) is 274 cm³/mol. The molecule has 0 spiro atoms. The fourth-order valence-corrected chi connectivity index (χ4v) is 10.0. The lowest BCUT2D eigenvalue weighted by Crippen LogP contribution is -2.10. The first-order valence-corrected chi connectivity index (χ1v) is 22.2. The number of nitrogens with zero attached hydrogens (tertiary/aromatic N) is 2. The van der Waals surface area contributed by atoms with Crippen molar-refractivity contribution in [3.63, 3.8) is 0 Å². The van der Waals surface area contributed by atoms with Gasteiger partial charge in [0.25, 0.3) is 0 Å². The van der Waals surface area contributed by atoms with Crippen LogP contribution in [-0.2, 0) is 0 Å². The van der Waals surface area contributed by atoms with Gasteiger partial charge in [-0.3, -0.25) is 0 Å². The van der Waals surface area contributed by atoms with E-state index in [1.54, 1.807) is 0 Å². The Morgan fingerprint density at radius 1 is 0.323 bits per heavy atom. The molecule has 0 aliphatic rings. The minimum absolute atomic E-state index is 0.847. The maximum absolute atomic E-state index is 7.02. The summed E-state index contributed by atoms with van der Waals surface area (Å²) in [5, 5.41) is 9.63. The van der Waals surface area contributed by atoms with Gasteiger partial charge >= 0.3 is 0 Å². The van der Waals surface area contributed by atoms with Crippen LogP contribution in [0, 0.1) is 0 Å². The standard InChI is InChI=1S/C62H40N2O/c1-3-14-44(15-4-1)53-21-11-22-56-57-23-12-24-58(62(57)65-61(53)56)63(50-33-27-42(28-34-50)47-26-25-41-13-7-8-17-46(41)39-47)51-35-29-43(30-36-51)48-32-37-54-55-38-31-45-16-9-10-20-52(45)60(55)64(59(54)40-48)49-18-5-2-6-19-49/h1-40H. The van der Waals surface area contributed by atoms with Gasteiger partial charge in [-0.2, -0.15) is 0 Å². The minimum Gasteiger partial charge on any atom is -0.453 e. The predicted octanol–water partition coefficient (Wildman–Crippen LogP) is 17.5. The summed E-state index contributed by atoms with van der Waals surface area (Å²) in [5.74, 6) is 0. The Bertz CT molecular complexity index is 3920. The lowest BCUT2D eigenvalue weighted by molar-refractivity contribution is 0.670. The van der Waals surface area contributed by atoms with Crippen LogP contribution in [0.25, 0.3) is 104 Å². The minimum atomic E-state index is 0.847. The lowest BCUT2D eigenvalue weighted by atomic mass is 10.0. The molecule has 0 amide bonds. The van der Waals surface area contributed by atoms with E-state index in [1.807, 2.05) is 0 Å². The Hall–Kier alpha value is -8.66. The molecule has 304 valence electrons. The quantitative estimate of drug-likeness (QED) is 0.160. The van der Waals surface area contributed by atoms with E-state index in [2.05, 4.69) is 252 Å². The zero-order valence-electron chi connectivity index (χ0n) is 35.4. The number of hydrogen-bond donors (Lipinski definition) is 0. The first kappa shape index (κ1) is 36.9. The second-order valence-corrected chi connectivity index (χ2v) is 16.9. The van der Waals surface area contributed by atoms with E-state index in [9.17, 15) is 0 Å². The van der Waals surface area contributed by atoms with E-state index in [-0.39, 0.29) is 0 Å². The topological polar surface area (TPSA) is 21.3 Å². The highest BCUT2D eigenvalue weighted by molar-refractivity contribution is 6.19. The van der Waals surface area contributed by atoms with Crippen molar-refractivity contribution in [2.45, 2.75) is 0 Å². The molecule has 13 rings (SSSR count). The molecule has 0 saturated carbocycles. The van der Waals surface area contributed by atoms with E-state index in [0.29, 0.717) is 0 Å². The first-order valence-electron chi connectivity index (χ1n) is 22.2. The second-order valence-electron chi connectivity index (χ2n) is 16.9. The molecule has 0 aliphatic heterocycles. The van der Waals surface area contributed by atoms with Gasteiger partial charge in [-0.15, -0.1) is 0 Å². The summed E-state index contributed by atoms with van der Waals surface area (Å²) in [5.41, 5.74) is 15.2. The molecule has 11 aromatic carbocycles. The van der Waals surface area contributed by atoms with Crippen LogP contribution in [-0.4, -0.2) is 4.57 Å². The van der Waals surface area contributed by atoms with Gasteiger partial charge in [0.05, 0.1) is 16.7 Å². The van der Waals surface area contributed by atoms with Crippen LogP contribution in [0.1, 0.15) is 0 Å². The van der Waals surface area contributed by atoms with Crippen molar-refractivity contribution in [2.24, 2.45) is 0 Å². The summed E-state index contributed by atoms with van der Waals surface area (Å²) in [6, 6.07) is 87.5. The maximum atomic E-state index is 7.02. The molecule has 2 aromatic heterocycles. The highest BCUT2D eigenvalue weighted by atomic mass is 16.3. The molecule has 0 bridgehead atoms. The van der Waals surface area contributed by atoms with Crippen LogP contribution < -0.4 is 4.90 Å². The Balaban J connectivity index is 0.959. The number of anilines is 3. The highest BCUT2D eigenvalue weighted by Crippen LogP contribution is 2.45. The molecular formula is C62H40N2O. The average Bonchev–Trinajstić information content (AvgIpc) is 3.94. The molecule has 0 atom stereocenters. The zero-order chi connectivity index (χ0) is 42.8. The Labute approximate surface area is 376 Å². The number of aromatic nitrogens is 1. The molecule has 0 unspecified atom stereocenters. The Kier molecular flexibility index (Phi) is 8.53. The fraction of sp³-hybridized carbons (Fsp3) is 0. The van der Waals surface area contributed by atoms with Crippen LogP contribution in [0.2, 0.25) is 0 Å². The highest BCUT2D eigenvalue weighted by Gasteiger charge is 2.22. The van der Waals surface area contributed by atoms with Gasteiger partial charge in [-0.25, -0.2) is 0 Å². The van der Waals surface area contributed by atoms with Gasteiger partial charge in [-0.1, -0.05) is 188 Å². The van der Waals surface area contributed by atoms with Crippen LogP contribution in [0.3, 0.4) is 0 Å². The summed E-state index contributed by atoms with van der Waals surface area (Å²) in [6.07, 6.45) is 0. The number of fused-ring (bicyclic) bond motifs is 9. The van der Waals surface area contributed by atoms with E-state index < -0.39 is 0 Å². The summed E-state index contributed by atoms with van der Waals surface area (Å²) in [4.78, 5) is 2.34. The summed E-state index contributed by atoms with van der Waals surface area (Å²) < 4.78 is 9.45. The lowest BCUT2D eigenvalue weighted by Gasteiger charge is -2.26. The molecule has 0 radical (unpaired) electrons. The molecule has 0 saturated heterocycles. The van der Waals surface area contributed by atoms with Crippen LogP contribution in [0.4, 0.5) is 17.1 Å². The SMILES string of the molecule is c1ccc(-c2cccc3c2oc2c(N(c4ccc(-c5ccc6ccccc6c5)cc4)c4ccc(-c5ccc6c7ccc8ccccc8c7n(-c7ccccc7)c6c5)cc4)cccc23)cc1. The van der Waals surface area contributed by atoms with Crippen molar-refractivity contribution in [2.75, 3.05) is 4.90 Å². The monoisotopic (exact) mass is 828 g/mol. The third-order valence-electron chi connectivity index (χ3n) is 13.2. The fourth-order valence-electron chi connectivity index (χ4n) is 10.0.